The molecule has 0 saturated carbocycles. The monoisotopic (exact) mass is 394 g/mol. The fourth-order valence-electron chi connectivity index (χ4n) is 3.76. The van der Waals surface area contributed by atoms with Crippen molar-refractivity contribution in [3.8, 4) is 0 Å². The number of aliphatic hydroxyl groups is 1. The van der Waals surface area contributed by atoms with E-state index in [1.165, 1.54) is 5.56 Å². The van der Waals surface area contributed by atoms with Crippen molar-refractivity contribution in [3.63, 3.8) is 0 Å². The number of aromatic nitrogens is 3. The second-order valence-corrected chi connectivity index (χ2v) is 8.06. The van der Waals surface area contributed by atoms with Crippen LogP contribution in [-0.4, -0.2) is 45.4 Å². The Bertz CT molecular complexity index is 939. The molecule has 1 saturated heterocycles. The minimum absolute atomic E-state index is 0.226. The van der Waals surface area contributed by atoms with Crippen LogP contribution in [0.1, 0.15) is 37.3 Å². The molecule has 0 bridgehead atoms. The molecule has 7 heteroatoms. The van der Waals surface area contributed by atoms with Crippen molar-refractivity contribution in [2.75, 3.05) is 30.3 Å². The van der Waals surface area contributed by atoms with Crippen LogP contribution in [0.25, 0.3) is 5.65 Å². The molecule has 1 aliphatic heterocycles. The lowest BCUT2D eigenvalue weighted by atomic mass is 9.95. The number of hydrogen-bond donors (Lipinski definition) is 4. The molecular formula is C22H30N6O. The number of fused-ring (bicyclic) bond motifs is 1. The van der Waals surface area contributed by atoms with Gasteiger partial charge in [0.2, 0.25) is 0 Å². The van der Waals surface area contributed by atoms with E-state index in [1.807, 2.05) is 35.0 Å². The van der Waals surface area contributed by atoms with E-state index in [1.54, 1.807) is 0 Å². The van der Waals surface area contributed by atoms with Crippen LogP contribution in [0, 0.1) is 5.92 Å². The summed E-state index contributed by atoms with van der Waals surface area (Å²) in [7, 11) is 0. The highest BCUT2D eigenvalue weighted by molar-refractivity contribution is 5.61. The second kappa shape index (κ2) is 8.80. The van der Waals surface area contributed by atoms with Crippen LogP contribution in [0.4, 0.5) is 11.6 Å². The number of piperidine rings is 1. The molecule has 0 unspecified atom stereocenters. The third-order valence-corrected chi connectivity index (χ3v) is 5.57. The summed E-state index contributed by atoms with van der Waals surface area (Å²) in [5.74, 6) is 2.27. The van der Waals surface area contributed by atoms with Crippen molar-refractivity contribution in [3.05, 3.63) is 53.7 Å². The first kappa shape index (κ1) is 19.7. The Morgan fingerprint density at radius 3 is 2.83 bits per heavy atom. The Hall–Kier alpha value is -2.64. The van der Waals surface area contributed by atoms with E-state index >= 15 is 0 Å². The third-order valence-electron chi connectivity index (χ3n) is 5.57. The van der Waals surface area contributed by atoms with E-state index in [2.05, 4.69) is 47.0 Å². The summed E-state index contributed by atoms with van der Waals surface area (Å²) in [6, 6.07) is 12.3. The summed E-state index contributed by atoms with van der Waals surface area (Å²) in [6.45, 7) is 7.32. The van der Waals surface area contributed by atoms with Crippen LogP contribution in [0.2, 0.25) is 0 Å². The molecule has 3 aromatic rings. The quantitative estimate of drug-likeness (QED) is 0.493. The minimum atomic E-state index is -0.322. The van der Waals surface area contributed by atoms with E-state index in [9.17, 15) is 5.11 Å². The van der Waals surface area contributed by atoms with Gasteiger partial charge in [-0.15, -0.1) is 0 Å². The minimum Gasteiger partial charge on any atom is -0.391 e. The van der Waals surface area contributed by atoms with Gasteiger partial charge in [0.05, 0.1) is 12.3 Å². The smallest absolute Gasteiger partial charge is 0.163 e. The van der Waals surface area contributed by atoms with Gasteiger partial charge in [-0.2, -0.15) is 9.61 Å². The number of nitrogens with one attached hydrogen (secondary N) is 3. The zero-order valence-corrected chi connectivity index (χ0v) is 17.1. The molecule has 0 radical (unpaired) electrons. The maximum absolute atomic E-state index is 10.2. The van der Waals surface area contributed by atoms with Crippen molar-refractivity contribution in [2.45, 2.75) is 38.8 Å². The van der Waals surface area contributed by atoms with E-state index < -0.39 is 0 Å². The number of hydrogen-bond acceptors (Lipinski definition) is 6. The second-order valence-electron chi connectivity index (χ2n) is 8.06. The van der Waals surface area contributed by atoms with Gasteiger partial charge in [0.15, 0.2) is 5.65 Å². The lowest BCUT2D eigenvalue weighted by molar-refractivity contribution is 0.0883. The summed E-state index contributed by atoms with van der Waals surface area (Å²) < 4.78 is 1.88. The first-order valence-corrected chi connectivity index (χ1v) is 10.4. The first-order chi connectivity index (χ1) is 14.1. The molecule has 154 valence electrons. The van der Waals surface area contributed by atoms with E-state index in [4.69, 9.17) is 4.98 Å². The fourth-order valence-corrected chi connectivity index (χ4v) is 3.76. The molecule has 4 rings (SSSR count). The molecule has 7 nitrogen and oxygen atoms in total. The van der Waals surface area contributed by atoms with Crippen LogP contribution in [0.3, 0.4) is 0 Å². The van der Waals surface area contributed by atoms with Crippen molar-refractivity contribution in [2.24, 2.45) is 5.92 Å². The topological polar surface area (TPSA) is 86.5 Å². The molecule has 4 N–H and O–H groups in total. The summed E-state index contributed by atoms with van der Waals surface area (Å²) in [5.41, 5.74) is 3.20. The Balaban J connectivity index is 1.58. The predicted molar refractivity (Wildman–Crippen MR) is 116 cm³/mol. The fraction of sp³-hybridized carbons (Fsp3) is 0.455. The predicted octanol–water partition coefficient (Wildman–Crippen LogP) is 2.85. The molecule has 2 aromatic heterocycles. The number of anilines is 2. The Kier molecular flexibility index (Phi) is 5.97. The normalized spacial score (nSPS) is 19.6. The summed E-state index contributed by atoms with van der Waals surface area (Å²) in [5, 5.41) is 25.0. The van der Waals surface area contributed by atoms with Gasteiger partial charge in [0.1, 0.15) is 11.6 Å². The average Bonchev–Trinajstić information content (AvgIpc) is 3.16. The lowest BCUT2D eigenvalue weighted by Gasteiger charge is -2.28. The number of benzene rings is 1. The van der Waals surface area contributed by atoms with Gasteiger partial charge < -0.3 is 21.1 Å². The highest BCUT2D eigenvalue weighted by Gasteiger charge is 2.23. The first-order valence-electron chi connectivity index (χ1n) is 10.4. The van der Waals surface area contributed by atoms with E-state index in [0.29, 0.717) is 25.6 Å². The zero-order valence-electron chi connectivity index (χ0n) is 17.1. The van der Waals surface area contributed by atoms with Crippen LogP contribution < -0.4 is 16.0 Å². The van der Waals surface area contributed by atoms with Crippen molar-refractivity contribution in [1.29, 1.82) is 0 Å². The van der Waals surface area contributed by atoms with Crippen molar-refractivity contribution < 1.29 is 5.11 Å². The third kappa shape index (κ3) is 4.52. The van der Waals surface area contributed by atoms with Gasteiger partial charge in [-0.1, -0.05) is 44.2 Å². The van der Waals surface area contributed by atoms with Crippen LogP contribution in [0.5, 0.6) is 0 Å². The lowest BCUT2D eigenvalue weighted by Crippen LogP contribution is -2.43. The molecule has 3 heterocycles. The molecule has 1 fully saturated rings. The number of nitrogens with zero attached hydrogens (tertiary/aromatic N) is 3. The van der Waals surface area contributed by atoms with Crippen LogP contribution in [-0.2, 0) is 6.54 Å². The largest absolute Gasteiger partial charge is 0.391 e. The molecule has 0 amide bonds. The molecule has 0 aliphatic carbocycles. The zero-order chi connectivity index (χ0) is 20.2. The average molecular weight is 395 g/mol. The van der Waals surface area contributed by atoms with Crippen LogP contribution >= 0.6 is 0 Å². The highest BCUT2D eigenvalue weighted by Crippen LogP contribution is 2.25. The molecule has 0 spiro atoms. The molecule has 29 heavy (non-hydrogen) atoms. The summed E-state index contributed by atoms with van der Waals surface area (Å²) >= 11 is 0. The maximum Gasteiger partial charge on any atom is 0.163 e. The van der Waals surface area contributed by atoms with Crippen LogP contribution in [0.15, 0.2) is 42.6 Å². The van der Waals surface area contributed by atoms with E-state index in [-0.39, 0.29) is 12.0 Å². The molecule has 1 aromatic carbocycles. The molecular weight excluding hydrogens is 364 g/mol. The van der Waals surface area contributed by atoms with Gasteiger partial charge in [-0.05, 0) is 24.4 Å². The molecule has 1 aliphatic rings. The number of rotatable bonds is 7. The SMILES string of the molecule is CC(C)c1cnn2c(NCc3ccccc3)cc(NC[C@H]3CCNC[C@@H]3O)nc12. The Morgan fingerprint density at radius 1 is 1.24 bits per heavy atom. The van der Waals surface area contributed by atoms with Gasteiger partial charge in [-0.25, -0.2) is 4.98 Å². The molecule has 2 atom stereocenters. The van der Waals surface area contributed by atoms with Crippen molar-refractivity contribution in [1.82, 2.24) is 19.9 Å². The van der Waals surface area contributed by atoms with Gasteiger partial charge in [-0.3, -0.25) is 0 Å². The highest BCUT2D eigenvalue weighted by atomic mass is 16.3. The standard InChI is InChI=1S/C22H30N6O/c1-15(2)18-13-26-28-21(25-11-16-6-4-3-5-7-16)10-20(27-22(18)28)24-12-17-8-9-23-14-19(17)29/h3-7,10,13,15,17,19,23,25,29H,8-9,11-12,14H2,1-2H3,(H,24,27)/t17-,19+/m1/s1. The van der Waals surface area contributed by atoms with E-state index in [0.717, 1.165) is 35.8 Å². The van der Waals surface area contributed by atoms with Crippen molar-refractivity contribution >= 4 is 17.3 Å². The number of aliphatic hydroxyl groups excluding tert-OH is 1. The van der Waals surface area contributed by atoms with Gasteiger partial charge in [0.25, 0.3) is 0 Å². The number of β-amino-alcohol motifs (C(OH)–C–C–N with tert-alkyl or cyclic N) is 1. The van der Waals surface area contributed by atoms with Gasteiger partial charge >= 0.3 is 0 Å². The summed E-state index contributed by atoms with van der Waals surface area (Å²) in [4.78, 5) is 4.83. The maximum atomic E-state index is 10.2. The van der Waals surface area contributed by atoms with Gasteiger partial charge in [0, 0.05) is 37.2 Å². The summed E-state index contributed by atoms with van der Waals surface area (Å²) in [6.07, 6.45) is 2.54. The Morgan fingerprint density at radius 2 is 2.07 bits per heavy atom. The Labute approximate surface area is 171 Å².